The molecule has 1 amide bonds. The number of esters is 1. The highest BCUT2D eigenvalue weighted by Crippen LogP contribution is 2.33. The van der Waals surface area contributed by atoms with Crippen LogP contribution in [0.5, 0.6) is 11.5 Å². The summed E-state index contributed by atoms with van der Waals surface area (Å²) in [6.45, 7) is -2.77. The molecule has 0 aromatic heterocycles. The summed E-state index contributed by atoms with van der Waals surface area (Å²) in [5, 5.41) is 2.47. The number of cyclic esters (lactones) is 1. The van der Waals surface area contributed by atoms with Crippen molar-refractivity contribution < 1.29 is 32.6 Å². The molecule has 0 bridgehead atoms. The van der Waals surface area contributed by atoms with E-state index in [1.807, 2.05) is 0 Å². The van der Waals surface area contributed by atoms with Crippen LogP contribution < -0.4 is 14.8 Å². The van der Waals surface area contributed by atoms with Crippen molar-refractivity contribution in [1.29, 1.82) is 0 Å². The number of ether oxygens (including phenoxy) is 3. The van der Waals surface area contributed by atoms with Gasteiger partial charge in [0.15, 0.2) is 11.5 Å². The van der Waals surface area contributed by atoms with Crippen LogP contribution in [-0.4, -0.2) is 38.2 Å². The van der Waals surface area contributed by atoms with Crippen molar-refractivity contribution in [3.63, 3.8) is 0 Å². The third-order valence-corrected chi connectivity index (χ3v) is 3.10. The average molecular weight is 327 g/mol. The van der Waals surface area contributed by atoms with Crippen molar-refractivity contribution in [1.82, 2.24) is 5.32 Å². The molecule has 1 aromatic rings. The Hall–Kier alpha value is -2.64. The number of hydrogen-bond acceptors (Lipinski definition) is 5. The smallest absolute Gasteiger partial charge is 0.387 e. The minimum absolute atomic E-state index is 0.118. The van der Waals surface area contributed by atoms with E-state index in [1.165, 1.54) is 25.3 Å². The van der Waals surface area contributed by atoms with Gasteiger partial charge in [-0.1, -0.05) is 12.1 Å². The molecule has 23 heavy (non-hydrogen) atoms. The molecule has 0 spiro atoms. The Balaban J connectivity index is 2.11. The molecular weight excluding hydrogens is 312 g/mol. The van der Waals surface area contributed by atoms with E-state index < -0.39 is 24.5 Å². The van der Waals surface area contributed by atoms with Gasteiger partial charge in [-0.15, -0.1) is 0 Å². The van der Waals surface area contributed by atoms with Crippen molar-refractivity contribution in [2.24, 2.45) is 0 Å². The molecule has 0 saturated carbocycles. The van der Waals surface area contributed by atoms with Crippen LogP contribution in [0, 0.1) is 0 Å². The van der Waals surface area contributed by atoms with Crippen LogP contribution in [0.25, 0.3) is 6.08 Å². The average Bonchev–Trinajstić information content (AvgIpc) is 2.90. The summed E-state index contributed by atoms with van der Waals surface area (Å²) in [4.78, 5) is 23.0. The number of amides is 1. The molecule has 1 saturated heterocycles. The summed E-state index contributed by atoms with van der Waals surface area (Å²) >= 11 is 0. The minimum atomic E-state index is -3.03. The Kier molecular flexibility index (Phi) is 5.51. The number of hydrogen-bond donors (Lipinski definition) is 1. The van der Waals surface area contributed by atoms with Gasteiger partial charge in [0.1, 0.15) is 6.04 Å². The highest BCUT2D eigenvalue weighted by molar-refractivity contribution is 5.95. The van der Waals surface area contributed by atoms with Crippen LogP contribution in [0.2, 0.25) is 0 Å². The lowest BCUT2D eigenvalue weighted by Crippen LogP contribution is -2.36. The van der Waals surface area contributed by atoms with E-state index in [4.69, 9.17) is 9.47 Å². The molecule has 0 unspecified atom stereocenters. The van der Waals surface area contributed by atoms with E-state index in [9.17, 15) is 18.4 Å². The maximum atomic E-state index is 12.5. The van der Waals surface area contributed by atoms with Gasteiger partial charge >= 0.3 is 12.6 Å². The van der Waals surface area contributed by atoms with Gasteiger partial charge in [-0.3, -0.25) is 4.79 Å². The van der Waals surface area contributed by atoms with E-state index in [1.54, 1.807) is 6.07 Å². The quantitative estimate of drug-likeness (QED) is 0.636. The predicted molar refractivity (Wildman–Crippen MR) is 76.2 cm³/mol. The Morgan fingerprint density at radius 2 is 2.26 bits per heavy atom. The Labute approximate surface area is 131 Å². The van der Waals surface area contributed by atoms with Gasteiger partial charge in [-0.25, -0.2) is 4.79 Å². The second-order valence-corrected chi connectivity index (χ2v) is 4.61. The predicted octanol–water partition coefficient (Wildman–Crippen LogP) is 1.74. The number of rotatable bonds is 6. The molecule has 1 atom stereocenters. The fourth-order valence-corrected chi connectivity index (χ4v) is 2.05. The monoisotopic (exact) mass is 327 g/mol. The second kappa shape index (κ2) is 7.57. The molecule has 1 N–H and O–H groups in total. The zero-order chi connectivity index (χ0) is 16.8. The maximum absolute atomic E-state index is 12.5. The molecule has 8 heteroatoms. The molecule has 2 rings (SSSR count). The largest absolute Gasteiger partial charge is 0.493 e. The van der Waals surface area contributed by atoms with Crippen molar-refractivity contribution in [3.8, 4) is 11.5 Å². The molecule has 0 radical (unpaired) electrons. The van der Waals surface area contributed by atoms with Crippen LogP contribution in [0.1, 0.15) is 12.0 Å². The van der Waals surface area contributed by atoms with Crippen LogP contribution in [0.4, 0.5) is 8.78 Å². The van der Waals surface area contributed by atoms with E-state index in [0.29, 0.717) is 6.42 Å². The lowest BCUT2D eigenvalue weighted by molar-refractivity contribution is -0.140. The lowest BCUT2D eigenvalue weighted by Gasteiger charge is -2.12. The van der Waals surface area contributed by atoms with Crippen molar-refractivity contribution >= 4 is 18.0 Å². The summed E-state index contributed by atoms with van der Waals surface area (Å²) in [5.41, 5.74) is 0.244. The van der Waals surface area contributed by atoms with Gasteiger partial charge < -0.3 is 19.5 Å². The maximum Gasteiger partial charge on any atom is 0.387 e. The summed E-state index contributed by atoms with van der Waals surface area (Å²) in [7, 11) is 1.32. The van der Waals surface area contributed by atoms with E-state index in [-0.39, 0.29) is 23.7 Å². The number of para-hydroxylation sites is 1. The van der Waals surface area contributed by atoms with Crippen LogP contribution in [0.15, 0.2) is 24.3 Å². The van der Waals surface area contributed by atoms with Gasteiger partial charge in [-0.2, -0.15) is 8.78 Å². The number of methoxy groups -OCH3 is 1. The molecule has 6 nitrogen and oxygen atoms in total. The fourth-order valence-electron chi connectivity index (χ4n) is 2.05. The molecule has 1 aromatic carbocycles. The molecule has 0 aliphatic carbocycles. The summed E-state index contributed by atoms with van der Waals surface area (Å²) in [5.74, 6) is -1.09. The van der Waals surface area contributed by atoms with E-state index >= 15 is 0 Å². The SMILES string of the molecule is COc1cccc(C=CC(=O)N[C@H]2CCOC2=O)c1OC(F)F. The number of carbonyl (C=O) groups is 2. The van der Waals surface area contributed by atoms with Crippen molar-refractivity contribution in [2.75, 3.05) is 13.7 Å². The first-order chi connectivity index (χ1) is 11.0. The van der Waals surface area contributed by atoms with Gasteiger partial charge in [0.25, 0.3) is 0 Å². The summed E-state index contributed by atoms with van der Waals surface area (Å²) < 4.78 is 39.1. The van der Waals surface area contributed by atoms with Crippen LogP contribution in [-0.2, 0) is 14.3 Å². The molecule has 1 aliphatic heterocycles. The van der Waals surface area contributed by atoms with E-state index in [2.05, 4.69) is 10.1 Å². The Morgan fingerprint density at radius 3 is 2.87 bits per heavy atom. The van der Waals surface area contributed by atoms with Gasteiger partial charge in [-0.05, 0) is 12.1 Å². The molecule has 1 aliphatic rings. The van der Waals surface area contributed by atoms with Crippen LogP contribution >= 0.6 is 0 Å². The fraction of sp³-hybridized carbons (Fsp3) is 0.333. The number of nitrogens with one attached hydrogen (secondary N) is 1. The minimum Gasteiger partial charge on any atom is -0.493 e. The number of halogens is 2. The molecular formula is C15H15F2NO5. The summed E-state index contributed by atoms with van der Waals surface area (Å²) in [6.07, 6.45) is 2.83. The second-order valence-electron chi connectivity index (χ2n) is 4.61. The first-order valence-electron chi connectivity index (χ1n) is 6.78. The zero-order valence-corrected chi connectivity index (χ0v) is 12.3. The first kappa shape index (κ1) is 16.7. The van der Waals surface area contributed by atoms with Crippen LogP contribution in [0.3, 0.4) is 0 Å². The number of alkyl halides is 2. The molecule has 124 valence electrons. The highest BCUT2D eigenvalue weighted by Gasteiger charge is 2.27. The molecule has 1 fully saturated rings. The first-order valence-corrected chi connectivity index (χ1v) is 6.78. The van der Waals surface area contributed by atoms with Gasteiger partial charge in [0.05, 0.1) is 13.7 Å². The summed E-state index contributed by atoms with van der Waals surface area (Å²) in [6, 6.07) is 3.84. The number of carbonyl (C=O) groups excluding carboxylic acids is 2. The highest BCUT2D eigenvalue weighted by atomic mass is 19.3. The van der Waals surface area contributed by atoms with E-state index in [0.717, 1.165) is 6.08 Å². The Bertz CT molecular complexity index is 618. The third kappa shape index (κ3) is 4.41. The lowest BCUT2D eigenvalue weighted by atomic mass is 10.1. The standard InChI is InChI=1S/C15H15F2NO5/c1-21-11-4-2-3-9(13(11)23-15(16)17)5-6-12(19)18-10-7-8-22-14(10)20/h2-6,10,15H,7-8H2,1H3,(H,18,19)/t10-/m0/s1. The number of benzene rings is 1. The Morgan fingerprint density at radius 1 is 1.48 bits per heavy atom. The van der Waals surface area contributed by atoms with Gasteiger partial charge in [0, 0.05) is 18.1 Å². The van der Waals surface area contributed by atoms with Gasteiger partial charge in [0.2, 0.25) is 5.91 Å². The van der Waals surface area contributed by atoms with Crippen molar-refractivity contribution in [2.45, 2.75) is 19.1 Å². The normalized spacial score (nSPS) is 17.4. The third-order valence-electron chi connectivity index (χ3n) is 3.10. The zero-order valence-electron chi connectivity index (χ0n) is 12.3. The molecule has 1 heterocycles. The van der Waals surface area contributed by atoms with Crippen molar-refractivity contribution in [3.05, 3.63) is 29.8 Å². The topological polar surface area (TPSA) is 73.9 Å².